The van der Waals surface area contributed by atoms with Crippen molar-refractivity contribution in [1.29, 1.82) is 0 Å². The maximum atomic E-state index is 12.6. The van der Waals surface area contributed by atoms with E-state index < -0.39 is 6.61 Å². The molecule has 30 heavy (non-hydrogen) atoms. The van der Waals surface area contributed by atoms with Gasteiger partial charge in [0.2, 0.25) is 5.91 Å². The van der Waals surface area contributed by atoms with Crippen molar-refractivity contribution >= 4 is 34.0 Å². The Balaban J connectivity index is 1.73. The van der Waals surface area contributed by atoms with E-state index in [4.69, 9.17) is 0 Å². The van der Waals surface area contributed by atoms with Crippen molar-refractivity contribution in [1.82, 2.24) is 4.98 Å². The van der Waals surface area contributed by atoms with Crippen molar-refractivity contribution in [2.45, 2.75) is 26.9 Å². The zero-order chi connectivity index (χ0) is 21.7. The van der Waals surface area contributed by atoms with Gasteiger partial charge < -0.3 is 10.1 Å². The van der Waals surface area contributed by atoms with Gasteiger partial charge in [0.25, 0.3) is 5.91 Å². The summed E-state index contributed by atoms with van der Waals surface area (Å²) < 4.78 is 28.9. The van der Waals surface area contributed by atoms with Crippen LogP contribution in [0, 0.1) is 6.92 Å². The number of ether oxygens (including phenoxy) is 1. The minimum absolute atomic E-state index is 0.0604. The van der Waals surface area contributed by atoms with Crippen LogP contribution in [0.2, 0.25) is 0 Å². The first-order valence-corrected chi connectivity index (χ1v) is 9.91. The number of halogens is 2. The Hall–Kier alpha value is -3.33. The van der Waals surface area contributed by atoms with Crippen LogP contribution in [-0.2, 0) is 4.79 Å². The Morgan fingerprint density at radius 1 is 1.13 bits per heavy atom. The van der Waals surface area contributed by atoms with Crippen molar-refractivity contribution in [3.63, 3.8) is 0 Å². The molecule has 0 fully saturated rings. The van der Waals surface area contributed by atoms with Crippen molar-refractivity contribution in [3.05, 3.63) is 59.0 Å². The summed E-state index contributed by atoms with van der Waals surface area (Å²) in [6, 6.07) is 12.8. The second-order valence-corrected chi connectivity index (χ2v) is 7.47. The molecule has 3 aromatic rings. The molecule has 0 bridgehead atoms. The highest BCUT2D eigenvalue weighted by Crippen LogP contribution is 2.31. The first kappa shape index (κ1) is 21.4. The third kappa shape index (κ3) is 5.38. The fourth-order valence-corrected chi connectivity index (χ4v) is 3.50. The van der Waals surface area contributed by atoms with E-state index in [-0.39, 0.29) is 17.6 Å². The van der Waals surface area contributed by atoms with Crippen LogP contribution >= 0.6 is 11.3 Å². The fraction of sp³-hybridized carbons (Fsp3) is 0.190. The summed E-state index contributed by atoms with van der Waals surface area (Å²) >= 11 is 1.30. The lowest BCUT2D eigenvalue weighted by Crippen LogP contribution is -2.13. The molecule has 0 aliphatic heterocycles. The van der Waals surface area contributed by atoms with Gasteiger partial charge in [-0.15, -0.1) is 11.3 Å². The zero-order valence-corrected chi connectivity index (χ0v) is 17.1. The molecule has 3 rings (SSSR count). The molecule has 156 valence electrons. The largest absolute Gasteiger partial charge is 0.435 e. The monoisotopic (exact) mass is 431 g/mol. The number of rotatable bonds is 7. The second kappa shape index (κ2) is 9.45. The van der Waals surface area contributed by atoms with Crippen molar-refractivity contribution in [2.75, 3.05) is 10.6 Å². The Morgan fingerprint density at radius 2 is 1.87 bits per heavy atom. The van der Waals surface area contributed by atoms with Gasteiger partial charge in [-0.3, -0.25) is 14.9 Å². The lowest BCUT2D eigenvalue weighted by molar-refractivity contribution is -0.115. The summed E-state index contributed by atoms with van der Waals surface area (Å²) in [5, 5.41) is 5.87. The number of benzene rings is 2. The summed E-state index contributed by atoms with van der Waals surface area (Å²) in [6.07, 6.45) is 0.340. The molecule has 1 heterocycles. The highest BCUT2D eigenvalue weighted by molar-refractivity contribution is 7.16. The maximum absolute atomic E-state index is 12.6. The number of aryl methyl sites for hydroxylation is 1. The molecule has 0 saturated heterocycles. The van der Waals surface area contributed by atoms with Crippen molar-refractivity contribution < 1.29 is 23.1 Å². The van der Waals surface area contributed by atoms with E-state index in [1.807, 2.05) is 6.92 Å². The number of nitrogens with one attached hydrogen (secondary N) is 2. The average molecular weight is 431 g/mol. The molecule has 0 atom stereocenters. The summed E-state index contributed by atoms with van der Waals surface area (Å²) in [7, 11) is 0. The smallest absolute Gasteiger partial charge is 0.387 e. The molecule has 9 heteroatoms. The highest BCUT2D eigenvalue weighted by atomic mass is 32.1. The fourth-order valence-electron chi connectivity index (χ4n) is 2.67. The van der Waals surface area contributed by atoms with Crippen LogP contribution in [0.15, 0.2) is 48.5 Å². The Labute approximate surface area is 175 Å². The summed E-state index contributed by atoms with van der Waals surface area (Å²) in [5.41, 5.74) is 2.28. The number of amides is 2. The molecular formula is C21H19F2N3O3S. The maximum Gasteiger partial charge on any atom is 0.387 e. The minimum Gasteiger partial charge on any atom is -0.435 e. The van der Waals surface area contributed by atoms with Gasteiger partial charge >= 0.3 is 6.61 Å². The Bertz CT molecular complexity index is 1050. The lowest BCUT2D eigenvalue weighted by Gasteiger charge is -2.06. The summed E-state index contributed by atoms with van der Waals surface area (Å²) in [6.45, 7) is 0.716. The number of carbonyl (C=O) groups is 2. The van der Waals surface area contributed by atoms with Gasteiger partial charge in [0.15, 0.2) is 5.13 Å². The Morgan fingerprint density at radius 3 is 2.53 bits per heavy atom. The normalized spacial score (nSPS) is 10.7. The average Bonchev–Trinajstić information content (AvgIpc) is 3.08. The molecular weight excluding hydrogens is 412 g/mol. The number of hydrogen-bond donors (Lipinski definition) is 2. The molecule has 0 saturated carbocycles. The molecule has 6 nitrogen and oxygen atoms in total. The van der Waals surface area contributed by atoms with E-state index in [0.29, 0.717) is 28.5 Å². The van der Waals surface area contributed by atoms with E-state index in [0.717, 1.165) is 10.4 Å². The molecule has 0 spiro atoms. The molecule has 0 radical (unpaired) electrons. The predicted molar refractivity (Wildman–Crippen MR) is 112 cm³/mol. The molecule has 0 unspecified atom stereocenters. The number of hydrogen-bond acceptors (Lipinski definition) is 5. The van der Waals surface area contributed by atoms with E-state index in [1.54, 1.807) is 43.3 Å². The summed E-state index contributed by atoms with van der Waals surface area (Å²) in [4.78, 5) is 29.4. The first-order chi connectivity index (χ1) is 14.4. The van der Waals surface area contributed by atoms with Gasteiger partial charge in [-0.25, -0.2) is 4.98 Å². The molecule has 0 aliphatic carbocycles. The number of nitrogens with zero attached hydrogens (tertiary/aromatic N) is 1. The molecule has 2 amide bonds. The van der Waals surface area contributed by atoms with Gasteiger partial charge in [0, 0.05) is 28.1 Å². The van der Waals surface area contributed by atoms with Gasteiger partial charge in [-0.1, -0.05) is 13.0 Å². The van der Waals surface area contributed by atoms with E-state index in [1.165, 1.54) is 23.5 Å². The van der Waals surface area contributed by atoms with Gasteiger partial charge in [-0.05, 0) is 49.4 Å². The van der Waals surface area contributed by atoms with Crippen LogP contribution in [0.4, 0.5) is 19.6 Å². The number of anilines is 2. The van der Waals surface area contributed by atoms with Gasteiger partial charge in [0.05, 0.1) is 5.69 Å². The molecule has 2 N–H and O–H groups in total. The SMILES string of the molecule is CCC(=O)Nc1cccc(C(=O)Nc2nc(-c3ccc(OC(F)F)cc3)c(C)s2)c1. The standard InChI is InChI=1S/C21H19F2N3O3S/c1-3-17(27)24-15-6-4-5-14(11-15)19(28)26-21-25-18(12(2)30-21)13-7-9-16(10-8-13)29-20(22)23/h4-11,20H,3H2,1-2H3,(H,24,27)(H,25,26,28). The number of aromatic nitrogens is 1. The molecule has 1 aromatic heterocycles. The van der Waals surface area contributed by atoms with Gasteiger partial charge in [0.1, 0.15) is 5.75 Å². The van der Waals surface area contributed by atoms with E-state index in [9.17, 15) is 18.4 Å². The third-order valence-electron chi connectivity index (χ3n) is 4.10. The number of alkyl halides is 2. The van der Waals surface area contributed by atoms with Crippen molar-refractivity contribution in [3.8, 4) is 17.0 Å². The second-order valence-electron chi connectivity index (χ2n) is 6.26. The number of thiazole rings is 1. The Kier molecular flexibility index (Phi) is 6.73. The lowest BCUT2D eigenvalue weighted by atomic mass is 10.1. The van der Waals surface area contributed by atoms with E-state index in [2.05, 4.69) is 20.4 Å². The first-order valence-electron chi connectivity index (χ1n) is 9.09. The topological polar surface area (TPSA) is 80.3 Å². The molecule has 2 aromatic carbocycles. The quantitative estimate of drug-likeness (QED) is 0.531. The van der Waals surface area contributed by atoms with Gasteiger partial charge in [-0.2, -0.15) is 8.78 Å². The van der Waals surface area contributed by atoms with Crippen LogP contribution < -0.4 is 15.4 Å². The molecule has 0 aliphatic rings. The van der Waals surface area contributed by atoms with Crippen LogP contribution in [0.3, 0.4) is 0 Å². The summed E-state index contributed by atoms with van der Waals surface area (Å²) in [5.74, 6) is -0.438. The third-order valence-corrected chi connectivity index (χ3v) is 4.99. The van der Waals surface area contributed by atoms with Crippen molar-refractivity contribution in [2.24, 2.45) is 0 Å². The van der Waals surface area contributed by atoms with Crippen LogP contribution in [0.5, 0.6) is 5.75 Å². The van der Waals surface area contributed by atoms with Crippen LogP contribution in [0.1, 0.15) is 28.6 Å². The van der Waals surface area contributed by atoms with Crippen LogP contribution in [0.25, 0.3) is 11.3 Å². The highest BCUT2D eigenvalue weighted by Gasteiger charge is 2.14. The minimum atomic E-state index is -2.88. The number of carbonyl (C=O) groups excluding carboxylic acids is 2. The van der Waals surface area contributed by atoms with E-state index >= 15 is 0 Å². The zero-order valence-electron chi connectivity index (χ0n) is 16.2. The predicted octanol–water partition coefficient (Wildman–Crippen LogP) is 5.32. The van der Waals surface area contributed by atoms with Crippen LogP contribution in [-0.4, -0.2) is 23.4 Å².